The monoisotopic (exact) mass is 277 g/mol. The molecule has 0 radical (unpaired) electrons. The Bertz CT molecular complexity index is 501. The van der Waals surface area contributed by atoms with E-state index in [1.54, 1.807) is 0 Å². The van der Waals surface area contributed by atoms with Crippen LogP contribution in [0.4, 0.5) is 5.82 Å². The summed E-state index contributed by atoms with van der Waals surface area (Å²) >= 11 is 0. The predicted octanol–water partition coefficient (Wildman–Crippen LogP) is 3.83. The van der Waals surface area contributed by atoms with Crippen molar-refractivity contribution in [3.05, 3.63) is 11.3 Å². The van der Waals surface area contributed by atoms with E-state index in [1.165, 1.54) is 11.4 Å². The first-order valence-electron chi connectivity index (χ1n) is 7.86. The van der Waals surface area contributed by atoms with Gasteiger partial charge in [-0.1, -0.05) is 20.8 Å². The molecule has 4 heteroatoms. The molecule has 1 aromatic heterocycles. The van der Waals surface area contributed by atoms with E-state index in [-0.39, 0.29) is 11.5 Å². The van der Waals surface area contributed by atoms with Crippen LogP contribution in [0.3, 0.4) is 0 Å². The fourth-order valence-electron chi connectivity index (χ4n) is 3.53. The van der Waals surface area contributed by atoms with Crippen LogP contribution in [-0.4, -0.2) is 22.4 Å². The summed E-state index contributed by atoms with van der Waals surface area (Å²) in [6, 6.07) is 0.463. The normalized spacial score (nSPS) is 30.1. The number of anilines is 1. The highest BCUT2D eigenvalue weighted by Gasteiger charge is 2.35. The van der Waals surface area contributed by atoms with Crippen LogP contribution in [-0.2, 0) is 4.74 Å². The van der Waals surface area contributed by atoms with E-state index in [0.29, 0.717) is 12.1 Å². The first-order valence-corrected chi connectivity index (χ1v) is 7.86. The summed E-state index contributed by atoms with van der Waals surface area (Å²) in [6.07, 6.45) is 3.93. The minimum Gasteiger partial charge on any atom is -0.370 e. The maximum atomic E-state index is 6.02. The smallest absolute Gasteiger partial charge is 0.127 e. The van der Waals surface area contributed by atoms with Crippen molar-refractivity contribution < 1.29 is 4.74 Å². The van der Waals surface area contributed by atoms with E-state index < -0.39 is 0 Å². The maximum absolute atomic E-state index is 6.02. The van der Waals surface area contributed by atoms with E-state index in [4.69, 9.17) is 9.84 Å². The highest BCUT2D eigenvalue weighted by atomic mass is 16.5. The van der Waals surface area contributed by atoms with Crippen molar-refractivity contribution in [2.75, 3.05) is 11.9 Å². The van der Waals surface area contributed by atoms with Crippen LogP contribution in [0.25, 0.3) is 0 Å². The van der Waals surface area contributed by atoms with Gasteiger partial charge in [0.25, 0.3) is 0 Å². The van der Waals surface area contributed by atoms with Gasteiger partial charge in [0.1, 0.15) is 11.9 Å². The lowest BCUT2D eigenvalue weighted by atomic mass is 9.84. The first-order chi connectivity index (χ1) is 9.38. The van der Waals surface area contributed by atoms with Crippen LogP contribution < -0.4 is 5.32 Å². The molecule has 3 rings (SSSR count). The van der Waals surface area contributed by atoms with E-state index >= 15 is 0 Å². The number of nitrogens with zero attached hydrogens (tertiary/aromatic N) is 2. The number of aromatic nitrogens is 2. The van der Waals surface area contributed by atoms with Crippen molar-refractivity contribution in [3.63, 3.8) is 0 Å². The van der Waals surface area contributed by atoms with Gasteiger partial charge >= 0.3 is 0 Å². The fraction of sp³-hybridized carbons (Fsp3) is 0.812. The summed E-state index contributed by atoms with van der Waals surface area (Å²) < 4.78 is 8.25. The van der Waals surface area contributed by atoms with E-state index in [1.807, 2.05) is 0 Å². The Balaban J connectivity index is 1.98. The Morgan fingerprint density at radius 1 is 1.25 bits per heavy atom. The average Bonchev–Trinajstić information content (AvgIpc) is 2.92. The van der Waals surface area contributed by atoms with Crippen molar-refractivity contribution >= 4 is 5.82 Å². The van der Waals surface area contributed by atoms with Crippen molar-refractivity contribution in [2.45, 2.75) is 72.1 Å². The zero-order valence-electron chi connectivity index (χ0n) is 13.4. The summed E-state index contributed by atoms with van der Waals surface area (Å²) in [7, 11) is 0. The number of rotatable bonds is 1. The molecule has 2 aliphatic heterocycles. The summed E-state index contributed by atoms with van der Waals surface area (Å²) in [5.74, 6) is 1.20. The molecule has 0 aromatic carbocycles. The van der Waals surface area contributed by atoms with Gasteiger partial charge in [-0.2, -0.15) is 5.10 Å². The molecule has 1 aromatic rings. The lowest BCUT2D eigenvalue weighted by Crippen LogP contribution is -2.32. The largest absolute Gasteiger partial charge is 0.370 e. The molecule has 112 valence electrons. The molecule has 0 saturated carbocycles. The van der Waals surface area contributed by atoms with Gasteiger partial charge in [-0.25, -0.2) is 4.68 Å². The Labute approximate surface area is 121 Å². The first kappa shape index (κ1) is 13.9. The van der Waals surface area contributed by atoms with Gasteiger partial charge in [0.2, 0.25) is 0 Å². The van der Waals surface area contributed by atoms with Crippen LogP contribution >= 0.6 is 0 Å². The van der Waals surface area contributed by atoms with Crippen LogP contribution in [0.1, 0.15) is 70.4 Å². The topological polar surface area (TPSA) is 39.1 Å². The molecule has 0 amide bonds. The van der Waals surface area contributed by atoms with Crippen molar-refractivity contribution in [1.82, 2.24) is 9.78 Å². The zero-order valence-corrected chi connectivity index (χ0v) is 13.4. The van der Waals surface area contributed by atoms with Crippen LogP contribution in [0.15, 0.2) is 0 Å². The molecule has 3 unspecified atom stereocenters. The fourth-order valence-corrected chi connectivity index (χ4v) is 3.53. The standard InChI is InChI=1S/C16H27N3O/c1-10-6-7-12(20-10)14-11(2)15-17-9-8-13(16(3,4)5)19(15)18-14/h10,12-13,17H,6-9H2,1-5H3. The third kappa shape index (κ3) is 2.24. The average molecular weight is 277 g/mol. The molecule has 4 nitrogen and oxygen atoms in total. The van der Waals surface area contributed by atoms with Crippen molar-refractivity contribution in [1.29, 1.82) is 0 Å². The molecule has 0 spiro atoms. The van der Waals surface area contributed by atoms with Gasteiger partial charge in [0.15, 0.2) is 0 Å². The van der Waals surface area contributed by atoms with Crippen LogP contribution in [0, 0.1) is 12.3 Å². The van der Waals surface area contributed by atoms with Gasteiger partial charge in [0.05, 0.1) is 17.8 Å². The van der Waals surface area contributed by atoms with E-state index in [9.17, 15) is 0 Å². The summed E-state index contributed by atoms with van der Waals surface area (Å²) in [4.78, 5) is 0. The second kappa shape index (κ2) is 4.76. The lowest BCUT2D eigenvalue weighted by Gasteiger charge is -2.35. The third-order valence-corrected chi connectivity index (χ3v) is 4.73. The summed E-state index contributed by atoms with van der Waals surface area (Å²) in [6.45, 7) is 12.3. The van der Waals surface area contributed by atoms with Crippen LogP contribution in [0.5, 0.6) is 0 Å². The summed E-state index contributed by atoms with van der Waals surface area (Å²) in [5, 5.41) is 8.48. The van der Waals surface area contributed by atoms with Gasteiger partial charge in [-0.05, 0) is 38.5 Å². The molecule has 20 heavy (non-hydrogen) atoms. The summed E-state index contributed by atoms with van der Waals surface area (Å²) in [5.41, 5.74) is 2.65. The molecule has 1 fully saturated rings. The second-order valence-corrected chi connectivity index (χ2v) is 7.41. The number of hydrogen-bond donors (Lipinski definition) is 1. The van der Waals surface area contributed by atoms with Crippen LogP contribution in [0.2, 0.25) is 0 Å². The Morgan fingerprint density at radius 2 is 2.00 bits per heavy atom. The minimum absolute atomic E-state index is 0.186. The maximum Gasteiger partial charge on any atom is 0.127 e. The number of fused-ring (bicyclic) bond motifs is 1. The molecule has 2 aliphatic rings. The minimum atomic E-state index is 0.186. The number of ether oxygens (including phenoxy) is 1. The molecule has 1 saturated heterocycles. The molecular formula is C16H27N3O. The lowest BCUT2D eigenvalue weighted by molar-refractivity contribution is 0.0517. The predicted molar refractivity (Wildman–Crippen MR) is 81.1 cm³/mol. The highest BCUT2D eigenvalue weighted by Crippen LogP contribution is 2.42. The second-order valence-electron chi connectivity index (χ2n) is 7.41. The van der Waals surface area contributed by atoms with Gasteiger partial charge in [-0.15, -0.1) is 0 Å². The van der Waals surface area contributed by atoms with Gasteiger partial charge in [0, 0.05) is 12.1 Å². The Hall–Kier alpha value is -1.03. The van der Waals surface area contributed by atoms with E-state index in [2.05, 4.69) is 44.6 Å². The molecular weight excluding hydrogens is 250 g/mol. The highest BCUT2D eigenvalue weighted by molar-refractivity contribution is 5.49. The zero-order chi connectivity index (χ0) is 14.5. The number of nitrogens with one attached hydrogen (secondary N) is 1. The molecule has 0 aliphatic carbocycles. The van der Waals surface area contributed by atoms with Crippen molar-refractivity contribution in [3.8, 4) is 0 Å². The van der Waals surface area contributed by atoms with E-state index in [0.717, 1.165) is 31.5 Å². The van der Waals surface area contributed by atoms with Gasteiger partial charge in [-0.3, -0.25) is 0 Å². The third-order valence-electron chi connectivity index (χ3n) is 4.73. The molecule has 3 atom stereocenters. The van der Waals surface area contributed by atoms with Crippen molar-refractivity contribution in [2.24, 2.45) is 5.41 Å². The van der Waals surface area contributed by atoms with Gasteiger partial charge < -0.3 is 10.1 Å². The Kier molecular flexibility index (Phi) is 3.32. The molecule has 1 N–H and O–H groups in total. The Morgan fingerprint density at radius 3 is 2.60 bits per heavy atom. The quantitative estimate of drug-likeness (QED) is 0.848. The SMILES string of the molecule is Cc1c(C2CCC(C)O2)nn2c1NCCC2C(C)(C)C. The molecule has 3 heterocycles. The molecule has 0 bridgehead atoms. The number of hydrogen-bond acceptors (Lipinski definition) is 3.